The molecule has 1 aliphatic rings. The first kappa shape index (κ1) is 32.2. The maximum Gasteiger partial charge on any atom is 0.411 e. The molecule has 0 radical (unpaired) electrons. The molecule has 2 atom stereocenters. The molecule has 1 amide bonds. The number of rotatable bonds is 16. The molecule has 0 N–H and O–H groups in total. The lowest BCUT2D eigenvalue weighted by Gasteiger charge is -2.29. The van der Waals surface area contributed by atoms with Gasteiger partial charge >= 0.3 is 6.09 Å². The molecule has 3 rings (SSSR count). The summed E-state index contributed by atoms with van der Waals surface area (Å²) < 4.78 is 39.9. The van der Waals surface area contributed by atoms with Gasteiger partial charge in [-0.15, -0.1) is 0 Å². The van der Waals surface area contributed by atoms with E-state index in [0.29, 0.717) is 18.6 Å². The van der Waals surface area contributed by atoms with Gasteiger partial charge in [0, 0.05) is 19.6 Å². The minimum Gasteiger partial charge on any atom is -0.445 e. The molecule has 0 aromatic heterocycles. The van der Waals surface area contributed by atoms with Gasteiger partial charge in [0.25, 0.3) is 0 Å². The fraction of sp³-hybridized carbons (Fsp3) is 0.438. The predicted molar refractivity (Wildman–Crippen MR) is 160 cm³/mol. The Hall–Kier alpha value is -3.27. The Morgan fingerprint density at radius 3 is 2.20 bits per heavy atom. The summed E-state index contributed by atoms with van der Waals surface area (Å²) in [4.78, 5) is 27.4. The van der Waals surface area contributed by atoms with E-state index < -0.39 is 28.1 Å². The summed E-state index contributed by atoms with van der Waals surface area (Å²) in [5, 5.41) is 0. The van der Waals surface area contributed by atoms with Crippen molar-refractivity contribution < 1.29 is 27.5 Å². The Morgan fingerprint density at radius 1 is 0.951 bits per heavy atom. The number of sulfonamides is 1. The van der Waals surface area contributed by atoms with E-state index in [1.54, 1.807) is 18.2 Å². The molecule has 1 aliphatic carbocycles. The van der Waals surface area contributed by atoms with E-state index in [1.165, 1.54) is 9.21 Å². The number of Topliss-reactive ketones (excluding diaryl/α,β-unsaturated/α-hetero) is 1. The molecule has 2 aromatic carbocycles. The minimum absolute atomic E-state index is 0.0622. The van der Waals surface area contributed by atoms with Crippen molar-refractivity contribution in [3.05, 3.63) is 95.6 Å². The van der Waals surface area contributed by atoms with Crippen LogP contribution in [0.25, 0.3) is 0 Å². The first-order valence-corrected chi connectivity index (χ1v) is 15.8. The Kier molecular flexibility index (Phi) is 12.8. The predicted octanol–water partition coefficient (Wildman–Crippen LogP) is 5.71. The highest BCUT2D eigenvalue weighted by Gasteiger charge is 2.30. The summed E-state index contributed by atoms with van der Waals surface area (Å²) in [6.45, 7) is 6.90. The second kappa shape index (κ2) is 16.2. The van der Waals surface area contributed by atoms with Crippen LogP contribution in [0.2, 0.25) is 0 Å². The molecule has 0 heterocycles. The van der Waals surface area contributed by atoms with E-state index in [4.69, 9.17) is 9.47 Å². The summed E-state index contributed by atoms with van der Waals surface area (Å²) in [7, 11) is -3.87. The fourth-order valence-corrected chi connectivity index (χ4v) is 5.98. The van der Waals surface area contributed by atoms with Crippen LogP contribution in [0.15, 0.2) is 84.5 Å². The molecule has 8 nitrogen and oxygen atoms in total. The van der Waals surface area contributed by atoms with Gasteiger partial charge in [0.1, 0.15) is 18.6 Å². The zero-order chi connectivity index (χ0) is 29.7. The van der Waals surface area contributed by atoms with Crippen LogP contribution in [0.1, 0.15) is 51.2 Å². The van der Waals surface area contributed by atoms with Gasteiger partial charge in [0.15, 0.2) is 5.78 Å². The van der Waals surface area contributed by atoms with Crippen LogP contribution in [0.5, 0.6) is 0 Å². The summed E-state index contributed by atoms with van der Waals surface area (Å²) in [5.74, 6) is -0.556. The number of ketones is 1. The largest absolute Gasteiger partial charge is 0.445 e. The van der Waals surface area contributed by atoms with Crippen molar-refractivity contribution in [1.29, 1.82) is 0 Å². The standard InChI is InChI=1S/C32H42N2O6S/c1-4-20-34(21-19-29-17-12-18-30(31(29)35)39-23-27-13-8-6-9-14-27)41(37,38)25-33(22-26(3)5-2)32(36)40-24-28-15-10-7-11-16-28/h6-18,26,30H,4-5,19-25H2,1-3H3. The SMILES string of the molecule is CCCN(CCC1=CC=CC(OCc2ccccc2)C1=O)S(=O)(=O)CN(CC(C)CC)C(=O)OCc1ccccc1. The van der Waals surface area contributed by atoms with E-state index >= 15 is 0 Å². The van der Waals surface area contributed by atoms with Crippen LogP contribution in [0.4, 0.5) is 4.79 Å². The average Bonchev–Trinajstić information content (AvgIpc) is 2.98. The zero-order valence-electron chi connectivity index (χ0n) is 24.3. The van der Waals surface area contributed by atoms with Crippen molar-refractivity contribution in [3.63, 3.8) is 0 Å². The number of carbonyl (C=O) groups excluding carboxylic acids is 2. The van der Waals surface area contributed by atoms with Crippen molar-refractivity contribution in [1.82, 2.24) is 9.21 Å². The third-order valence-electron chi connectivity index (χ3n) is 6.94. The van der Waals surface area contributed by atoms with Crippen molar-refractivity contribution in [3.8, 4) is 0 Å². The van der Waals surface area contributed by atoms with Gasteiger partial charge in [-0.1, -0.05) is 100 Å². The third kappa shape index (κ3) is 10.3. The highest BCUT2D eigenvalue weighted by Crippen LogP contribution is 2.19. The topological polar surface area (TPSA) is 93.2 Å². The first-order valence-electron chi connectivity index (χ1n) is 14.2. The van der Waals surface area contributed by atoms with Crippen LogP contribution in [0, 0.1) is 5.92 Å². The lowest BCUT2D eigenvalue weighted by atomic mass is 9.98. The van der Waals surface area contributed by atoms with Crippen LogP contribution in [-0.2, 0) is 37.5 Å². The lowest BCUT2D eigenvalue weighted by Crippen LogP contribution is -2.45. The first-order chi connectivity index (χ1) is 19.7. The summed E-state index contributed by atoms with van der Waals surface area (Å²) in [5.41, 5.74) is 2.31. The Labute approximate surface area is 244 Å². The number of ether oxygens (including phenoxy) is 2. The second-order valence-electron chi connectivity index (χ2n) is 10.3. The monoisotopic (exact) mass is 582 g/mol. The maximum atomic E-state index is 13.6. The number of amides is 1. The number of hydrogen-bond acceptors (Lipinski definition) is 6. The van der Waals surface area contributed by atoms with Crippen molar-refractivity contribution in [2.75, 3.05) is 25.5 Å². The van der Waals surface area contributed by atoms with Crippen molar-refractivity contribution in [2.24, 2.45) is 5.92 Å². The molecule has 222 valence electrons. The zero-order valence-corrected chi connectivity index (χ0v) is 25.1. The van der Waals surface area contributed by atoms with Gasteiger partial charge in [-0.3, -0.25) is 9.69 Å². The van der Waals surface area contributed by atoms with Gasteiger partial charge in [-0.2, -0.15) is 0 Å². The Morgan fingerprint density at radius 2 is 1.59 bits per heavy atom. The molecule has 0 saturated carbocycles. The van der Waals surface area contributed by atoms with Gasteiger partial charge in [0.2, 0.25) is 10.0 Å². The van der Waals surface area contributed by atoms with E-state index in [1.807, 2.05) is 81.4 Å². The molecule has 0 fully saturated rings. The average molecular weight is 583 g/mol. The molecule has 0 spiro atoms. The normalized spacial score (nSPS) is 16.0. The van der Waals surface area contributed by atoms with Gasteiger partial charge in [-0.25, -0.2) is 17.5 Å². The molecular weight excluding hydrogens is 540 g/mol. The fourth-order valence-electron chi connectivity index (χ4n) is 4.38. The van der Waals surface area contributed by atoms with Crippen molar-refractivity contribution in [2.45, 2.75) is 59.4 Å². The highest BCUT2D eigenvalue weighted by atomic mass is 32.2. The Bertz CT molecular complexity index is 1280. The van der Waals surface area contributed by atoms with Gasteiger partial charge in [0.05, 0.1) is 6.61 Å². The molecule has 2 aromatic rings. The molecule has 0 bridgehead atoms. The molecule has 2 unspecified atom stereocenters. The smallest absolute Gasteiger partial charge is 0.411 e. The summed E-state index contributed by atoms with van der Waals surface area (Å²) in [6.07, 6.45) is 5.47. The number of benzene rings is 2. The molecule has 0 saturated heterocycles. The van der Waals surface area contributed by atoms with Crippen LogP contribution in [0.3, 0.4) is 0 Å². The summed E-state index contributed by atoms with van der Waals surface area (Å²) in [6, 6.07) is 18.9. The third-order valence-corrected chi connectivity index (χ3v) is 8.73. The van der Waals surface area contributed by atoms with Gasteiger partial charge < -0.3 is 9.47 Å². The summed E-state index contributed by atoms with van der Waals surface area (Å²) >= 11 is 0. The van der Waals surface area contributed by atoms with E-state index in [0.717, 1.165) is 17.5 Å². The van der Waals surface area contributed by atoms with E-state index in [9.17, 15) is 18.0 Å². The second-order valence-corrected chi connectivity index (χ2v) is 12.3. The number of nitrogens with zero attached hydrogens (tertiary/aromatic N) is 2. The lowest BCUT2D eigenvalue weighted by molar-refractivity contribution is -0.124. The molecule has 41 heavy (non-hydrogen) atoms. The van der Waals surface area contributed by atoms with E-state index in [-0.39, 0.29) is 44.4 Å². The van der Waals surface area contributed by atoms with Crippen LogP contribution >= 0.6 is 0 Å². The van der Waals surface area contributed by atoms with Gasteiger partial charge in [-0.05, 0) is 41.5 Å². The molecular formula is C32H42N2O6S. The number of hydrogen-bond donors (Lipinski definition) is 0. The Balaban J connectivity index is 1.63. The van der Waals surface area contributed by atoms with Crippen molar-refractivity contribution >= 4 is 21.9 Å². The molecule has 0 aliphatic heterocycles. The highest BCUT2D eigenvalue weighted by molar-refractivity contribution is 7.89. The van der Waals surface area contributed by atoms with E-state index in [2.05, 4.69) is 0 Å². The van der Waals surface area contributed by atoms with Crippen LogP contribution < -0.4 is 0 Å². The maximum absolute atomic E-state index is 13.6. The molecule has 9 heteroatoms. The van der Waals surface area contributed by atoms with Crippen LogP contribution in [-0.4, -0.2) is 61.1 Å². The number of allylic oxidation sites excluding steroid dienone is 2. The quantitative estimate of drug-likeness (QED) is 0.252. The minimum atomic E-state index is -3.87. The number of carbonyl (C=O) groups is 2.